The Morgan fingerprint density at radius 3 is 2.58 bits per heavy atom. The van der Waals surface area contributed by atoms with Gasteiger partial charge in [-0.3, -0.25) is 14.3 Å². The summed E-state index contributed by atoms with van der Waals surface area (Å²) in [5.41, 5.74) is 5.91. The van der Waals surface area contributed by atoms with Gasteiger partial charge in [0.25, 0.3) is 5.56 Å². The number of H-pyrrole nitrogens is 1. The minimum absolute atomic E-state index is 0.0719. The highest BCUT2D eigenvalue weighted by Gasteiger charge is 2.01. The fourth-order valence-corrected chi connectivity index (χ4v) is 1.95. The van der Waals surface area contributed by atoms with E-state index in [1.54, 1.807) is 0 Å². The summed E-state index contributed by atoms with van der Waals surface area (Å²) in [6, 6.07) is 10.2. The highest BCUT2D eigenvalue weighted by Crippen LogP contribution is 2.05. The van der Waals surface area contributed by atoms with E-state index >= 15 is 0 Å². The Morgan fingerprint density at radius 2 is 1.84 bits per heavy atom. The van der Waals surface area contributed by atoms with Crippen molar-refractivity contribution < 1.29 is 0 Å². The first kappa shape index (κ1) is 13.1. The highest BCUT2D eigenvalue weighted by atomic mass is 16.2. The molecule has 100 valence electrons. The Hall–Kier alpha value is -2.30. The lowest BCUT2D eigenvalue weighted by Gasteiger charge is -2.05. The number of hydrogen-bond acceptors (Lipinski definition) is 3. The summed E-state index contributed by atoms with van der Waals surface area (Å²) in [5, 5.41) is 0. The molecule has 0 atom stereocenters. The van der Waals surface area contributed by atoms with Gasteiger partial charge in [0.05, 0.1) is 0 Å². The van der Waals surface area contributed by atoms with Crippen molar-refractivity contribution in [2.75, 3.05) is 5.73 Å². The van der Waals surface area contributed by atoms with Crippen LogP contribution in [0.15, 0.2) is 46.1 Å². The number of aryl methyl sites for hydroxylation is 2. The van der Waals surface area contributed by atoms with Crippen LogP contribution in [0, 0.1) is 0 Å². The fraction of sp³-hybridized carbons (Fsp3) is 0.286. The lowest BCUT2D eigenvalue weighted by Crippen LogP contribution is -2.31. The van der Waals surface area contributed by atoms with Gasteiger partial charge in [0.15, 0.2) is 0 Å². The van der Waals surface area contributed by atoms with Gasteiger partial charge < -0.3 is 5.73 Å². The molecule has 1 aromatic carbocycles. The van der Waals surface area contributed by atoms with Crippen LogP contribution in [0.25, 0.3) is 0 Å². The lowest BCUT2D eigenvalue weighted by molar-refractivity contribution is 0.581. The molecule has 19 heavy (non-hydrogen) atoms. The van der Waals surface area contributed by atoms with E-state index in [0.29, 0.717) is 6.54 Å². The number of benzene rings is 1. The molecule has 5 nitrogen and oxygen atoms in total. The molecule has 0 aliphatic carbocycles. The number of aromatic amines is 1. The van der Waals surface area contributed by atoms with E-state index in [4.69, 9.17) is 5.73 Å². The maximum absolute atomic E-state index is 11.5. The van der Waals surface area contributed by atoms with Crippen LogP contribution in [0.5, 0.6) is 0 Å². The first-order valence-electron chi connectivity index (χ1n) is 6.30. The lowest BCUT2D eigenvalue weighted by atomic mass is 10.1. The molecule has 3 N–H and O–H groups in total. The summed E-state index contributed by atoms with van der Waals surface area (Å²) in [4.78, 5) is 24.8. The second kappa shape index (κ2) is 6.04. The Labute approximate surface area is 110 Å². The molecule has 2 aromatic rings. The molecule has 1 heterocycles. The summed E-state index contributed by atoms with van der Waals surface area (Å²) in [5.74, 6) is 0. The van der Waals surface area contributed by atoms with Crippen LogP contribution in [-0.4, -0.2) is 9.55 Å². The zero-order chi connectivity index (χ0) is 13.7. The first-order valence-corrected chi connectivity index (χ1v) is 6.30. The first-order chi connectivity index (χ1) is 9.16. The van der Waals surface area contributed by atoms with Crippen molar-refractivity contribution in [3.63, 3.8) is 0 Å². The van der Waals surface area contributed by atoms with Crippen molar-refractivity contribution in [2.45, 2.75) is 25.8 Å². The molecule has 0 amide bonds. The number of unbranched alkanes of at least 4 members (excludes halogenated alkanes) is 1. The minimum atomic E-state index is -0.523. The Kier molecular flexibility index (Phi) is 4.18. The van der Waals surface area contributed by atoms with Gasteiger partial charge in [-0.2, -0.15) is 0 Å². The molecule has 0 aliphatic rings. The average Bonchev–Trinajstić information content (AvgIpc) is 2.41. The largest absolute Gasteiger partial charge is 0.393 e. The number of aromatic nitrogens is 2. The van der Waals surface area contributed by atoms with E-state index in [0.717, 1.165) is 19.3 Å². The van der Waals surface area contributed by atoms with Crippen LogP contribution in [0.1, 0.15) is 18.4 Å². The number of nitrogens with two attached hydrogens (primary N) is 1. The molecule has 0 fully saturated rings. The van der Waals surface area contributed by atoms with Crippen molar-refractivity contribution in [3.8, 4) is 0 Å². The van der Waals surface area contributed by atoms with Crippen molar-refractivity contribution >= 4 is 5.69 Å². The molecular formula is C14H17N3O2. The molecule has 0 radical (unpaired) electrons. The highest BCUT2D eigenvalue weighted by molar-refractivity contribution is 5.30. The quantitative estimate of drug-likeness (QED) is 0.790. The van der Waals surface area contributed by atoms with Gasteiger partial charge in [0.1, 0.15) is 5.69 Å². The molecule has 2 rings (SSSR count). The SMILES string of the molecule is Nc1cn(CCCCc2ccccc2)c(=O)[nH]c1=O. The second-order valence-electron chi connectivity index (χ2n) is 4.48. The molecule has 1 aromatic heterocycles. The summed E-state index contributed by atoms with van der Waals surface area (Å²) >= 11 is 0. The number of anilines is 1. The standard InChI is InChI=1S/C14H17N3O2/c15-12-10-17(14(19)16-13(12)18)9-5-4-8-11-6-2-1-3-7-11/h1-3,6-7,10H,4-5,8-9,15H2,(H,16,18,19). The summed E-state index contributed by atoms with van der Waals surface area (Å²) < 4.78 is 1.45. The monoisotopic (exact) mass is 259 g/mol. The van der Waals surface area contributed by atoms with Gasteiger partial charge in [-0.15, -0.1) is 0 Å². The minimum Gasteiger partial charge on any atom is -0.393 e. The van der Waals surface area contributed by atoms with Gasteiger partial charge in [-0.1, -0.05) is 30.3 Å². The van der Waals surface area contributed by atoms with Gasteiger partial charge >= 0.3 is 5.69 Å². The summed E-state index contributed by atoms with van der Waals surface area (Å²) in [6.07, 6.45) is 4.23. The summed E-state index contributed by atoms with van der Waals surface area (Å²) in [7, 11) is 0. The maximum atomic E-state index is 11.5. The molecule has 0 unspecified atom stereocenters. The fourth-order valence-electron chi connectivity index (χ4n) is 1.95. The number of nitrogens with one attached hydrogen (secondary N) is 1. The zero-order valence-electron chi connectivity index (χ0n) is 10.6. The van der Waals surface area contributed by atoms with Crippen LogP contribution in [0.4, 0.5) is 5.69 Å². The Balaban J connectivity index is 1.88. The second-order valence-corrected chi connectivity index (χ2v) is 4.48. The van der Waals surface area contributed by atoms with Crippen LogP contribution >= 0.6 is 0 Å². The van der Waals surface area contributed by atoms with Crippen molar-refractivity contribution in [2.24, 2.45) is 0 Å². The van der Waals surface area contributed by atoms with Crippen LogP contribution in [-0.2, 0) is 13.0 Å². The van der Waals surface area contributed by atoms with Crippen molar-refractivity contribution in [1.82, 2.24) is 9.55 Å². The molecule has 0 aliphatic heterocycles. The average molecular weight is 259 g/mol. The van der Waals surface area contributed by atoms with Gasteiger partial charge in [-0.05, 0) is 24.8 Å². The van der Waals surface area contributed by atoms with E-state index < -0.39 is 11.2 Å². The number of rotatable bonds is 5. The van der Waals surface area contributed by atoms with Gasteiger partial charge in [-0.25, -0.2) is 4.79 Å². The molecule has 0 spiro atoms. The molecular weight excluding hydrogens is 242 g/mol. The third kappa shape index (κ3) is 3.58. The third-order valence-electron chi connectivity index (χ3n) is 3.00. The summed E-state index contributed by atoms with van der Waals surface area (Å²) in [6.45, 7) is 0.562. The predicted molar refractivity (Wildman–Crippen MR) is 75.1 cm³/mol. The van der Waals surface area contributed by atoms with Crippen LogP contribution < -0.4 is 17.0 Å². The van der Waals surface area contributed by atoms with E-state index in [9.17, 15) is 9.59 Å². The van der Waals surface area contributed by atoms with E-state index in [1.807, 2.05) is 18.2 Å². The molecule has 0 bridgehead atoms. The number of nitrogen functional groups attached to an aromatic ring is 1. The Morgan fingerprint density at radius 1 is 1.11 bits per heavy atom. The Bertz CT molecular complexity index is 644. The van der Waals surface area contributed by atoms with E-state index in [-0.39, 0.29) is 5.69 Å². The van der Waals surface area contributed by atoms with E-state index in [1.165, 1.54) is 16.3 Å². The number of nitrogens with zero attached hydrogens (tertiary/aromatic N) is 1. The normalized spacial score (nSPS) is 10.5. The van der Waals surface area contributed by atoms with Crippen molar-refractivity contribution in [3.05, 3.63) is 62.9 Å². The van der Waals surface area contributed by atoms with Gasteiger partial charge in [0, 0.05) is 12.7 Å². The van der Waals surface area contributed by atoms with E-state index in [2.05, 4.69) is 17.1 Å². The molecule has 0 saturated heterocycles. The third-order valence-corrected chi connectivity index (χ3v) is 3.00. The molecule has 5 heteroatoms. The van der Waals surface area contributed by atoms with Crippen molar-refractivity contribution in [1.29, 1.82) is 0 Å². The number of hydrogen-bond donors (Lipinski definition) is 2. The predicted octanol–water partition coefficient (Wildman–Crippen LogP) is 1.14. The smallest absolute Gasteiger partial charge is 0.328 e. The van der Waals surface area contributed by atoms with Crippen LogP contribution in [0.3, 0.4) is 0 Å². The molecule has 0 saturated carbocycles. The maximum Gasteiger partial charge on any atom is 0.328 e. The topological polar surface area (TPSA) is 80.9 Å². The van der Waals surface area contributed by atoms with Crippen LogP contribution in [0.2, 0.25) is 0 Å². The zero-order valence-corrected chi connectivity index (χ0v) is 10.6. The van der Waals surface area contributed by atoms with Gasteiger partial charge in [0.2, 0.25) is 0 Å².